The highest BCUT2D eigenvalue weighted by Gasteiger charge is 2.28. The molecule has 0 bridgehead atoms. The summed E-state index contributed by atoms with van der Waals surface area (Å²) in [7, 11) is 3.27. The van der Waals surface area contributed by atoms with Crippen molar-refractivity contribution in [3.63, 3.8) is 0 Å². The molecule has 134 valence electrons. The maximum absolute atomic E-state index is 12.3. The first-order valence-corrected chi connectivity index (χ1v) is 8.25. The molecule has 0 unspecified atom stereocenters. The van der Waals surface area contributed by atoms with Gasteiger partial charge in [0.05, 0.1) is 14.2 Å². The second-order valence-corrected chi connectivity index (χ2v) is 6.93. The molecule has 0 aliphatic carbocycles. The summed E-state index contributed by atoms with van der Waals surface area (Å²) in [5.41, 5.74) is 0.577. The van der Waals surface area contributed by atoms with Crippen LogP contribution in [0.15, 0.2) is 18.2 Å². The van der Waals surface area contributed by atoms with Crippen molar-refractivity contribution in [3.8, 4) is 11.5 Å². The number of hydrogen-bond donors (Lipinski definition) is 1. The Morgan fingerprint density at radius 2 is 2.04 bits per heavy atom. The minimum atomic E-state index is -0.479. The van der Waals surface area contributed by atoms with Crippen LogP contribution in [0.1, 0.15) is 26.3 Å². The van der Waals surface area contributed by atoms with Crippen LogP contribution in [0.25, 0.3) is 0 Å². The van der Waals surface area contributed by atoms with Crippen molar-refractivity contribution in [2.45, 2.75) is 38.8 Å². The number of hydrogen-bond acceptors (Lipinski definition) is 5. The van der Waals surface area contributed by atoms with Crippen LogP contribution in [0, 0.1) is 0 Å². The number of carbonyl (C=O) groups excluding carboxylic acids is 1. The SMILES string of the molecule is COc1cccc(C[C@H]2CN(C(=O)OC(C)(C)C)CCN2)c1OC. The lowest BCUT2D eigenvalue weighted by atomic mass is 10.0. The predicted octanol–water partition coefficient (Wildman–Crippen LogP) is 2.46. The first-order valence-electron chi connectivity index (χ1n) is 8.25. The van der Waals surface area contributed by atoms with Gasteiger partial charge in [0.1, 0.15) is 5.60 Å². The molecule has 2 rings (SSSR count). The highest BCUT2D eigenvalue weighted by atomic mass is 16.6. The van der Waals surface area contributed by atoms with E-state index in [1.54, 1.807) is 19.1 Å². The van der Waals surface area contributed by atoms with E-state index in [-0.39, 0.29) is 12.1 Å². The van der Waals surface area contributed by atoms with Crippen molar-refractivity contribution in [1.29, 1.82) is 0 Å². The van der Waals surface area contributed by atoms with Crippen LogP contribution < -0.4 is 14.8 Å². The number of nitrogens with zero attached hydrogens (tertiary/aromatic N) is 1. The highest BCUT2D eigenvalue weighted by Crippen LogP contribution is 2.31. The van der Waals surface area contributed by atoms with Crippen molar-refractivity contribution < 1.29 is 19.0 Å². The maximum Gasteiger partial charge on any atom is 0.410 e. The summed E-state index contributed by atoms with van der Waals surface area (Å²) in [4.78, 5) is 14.0. The van der Waals surface area contributed by atoms with E-state index in [1.165, 1.54) is 0 Å². The third-order valence-electron chi connectivity index (χ3n) is 3.86. The molecule has 0 spiro atoms. The summed E-state index contributed by atoms with van der Waals surface area (Å²) in [6, 6.07) is 6.00. The lowest BCUT2D eigenvalue weighted by Gasteiger charge is -2.35. The molecular weight excluding hydrogens is 308 g/mol. The standard InChI is InChI=1S/C18H28N2O4/c1-18(2,3)24-17(21)20-10-9-19-14(12-20)11-13-7-6-8-15(22-4)16(13)23-5/h6-8,14,19H,9-12H2,1-5H3/t14-/m0/s1. The van der Waals surface area contributed by atoms with Gasteiger partial charge < -0.3 is 24.4 Å². The van der Waals surface area contributed by atoms with Gasteiger partial charge in [-0.1, -0.05) is 12.1 Å². The number of nitrogens with one attached hydrogen (secondary N) is 1. The molecule has 1 aromatic rings. The molecule has 1 amide bonds. The van der Waals surface area contributed by atoms with Crippen LogP contribution in [0.3, 0.4) is 0 Å². The minimum absolute atomic E-state index is 0.146. The summed E-state index contributed by atoms with van der Waals surface area (Å²) in [5.74, 6) is 1.46. The molecule has 1 fully saturated rings. The number of benzene rings is 1. The first-order chi connectivity index (χ1) is 11.3. The molecule has 1 aromatic carbocycles. The van der Waals surface area contributed by atoms with E-state index in [9.17, 15) is 4.79 Å². The largest absolute Gasteiger partial charge is 0.493 e. The lowest BCUT2D eigenvalue weighted by Crippen LogP contribution is -2.54. The summed E-state index contributed by atoms with van der Waals surface area (Å²) >= 11 is 0. The van der Waals surface area contributed by atoms with Crippen LogP contribution in [-0.2, 0) is 11.2 Å². The fourth-order valence-electron chi connectivity index (χ4n) is 2.83. The number of para-hydroxylation sites is 1. The zero-order valence-electron chi connectivity index (χ0n) is 15.2. The van der Waals surface area contributed by atoms with Gasteiger partial charge in [0.2, 0.25) is 0 Å². The Bertz CT molecular complexity index is 569. The highest BCUT2D eigenvalue weighted by molar-refractivity contribution is 5.68. The predicted molar refractivity (Wildman–Crippen MR) is 92.8 cm³/mol. The zero-order valence-corrected chi connectivity index (χ0v) is 15.2. The van der Waals surface area contributed by atoms with Crippen LogP contribution >= 0.6 is 0 Å². The van der Waals surface area contributed by atoms with Gasteiger partial charge in [-0.05, 0) is 38.8 Å². The maximum atomic E-state index is 12.3. The van der Waals surface area contributed by atoms with Gasteiger partial charge in [-0.3, -0.25) is 0 Å². The Labute approximate surface area is 144 Å². The van der Waals surface area contributed by atoms with Crippen molar-refractivity contribution in [3.05, 3.63) is 23.8 Å². The van der Waals surface area contributed by atoms with Gasteiger partial charge in [-0.25, -0.2) is 4.79 Å². The van der Waals surface area contributed by atoms with Crippen molar-refractivity contribution in [2.75, 3.05) is 33.9 Å². The molecule has 6 heteroatoms. The molecule has 1 N–H and O–H groups in total. The average Bonchev–Trinajstić information content (AvgIpc) is 2.53. The van der Waals surface area contributed by atoms with E-state index >= 15 is 0 Å². The molecule has 0 radical (unpaired) electrons. The van der Waals surface area contributed by atoms with Crippen LogP contribution in [0.4, 0.5) is 4.79 Å². The van der Waals surface area contributed by atoms with E-state index in [1.807, 2.05) is 39.0 Å². The van der Waals surface area contributed by atoms with Gasteiger partial charge in [0.25, 0.3) is 0 Å². The number of methoxy groups -OCH3 is 2. The fourth-order valence-corrected chi connectivity index (χ4v) is 2.83. The van der Waals surface area contributed by atoms with E-state index in [0.29, 0.717) is 13.1 Å². The van der Waals surface area contributed by atoms with Gasteiger partial charge in [-0.15, -0.1) is 0 Å². The zero-order chi connectivity index (χ0) is 17.7. The number of ether oxygens (including phenoxy) is 3. The normalized spacial score (nSPS) is 18.2. The van der Waals surface area contributed by atoms with E-state index in [0.717, 1.165) is 30.0 Å². The Kier molecular flexibility index (Phi) is 5.94. The van der Waals surface area contributed by atoms with Gasteiger partial charge in [0, 0.05) is 25.7 Å². The topological polar surface area (TPSA) is 60.0 Å². The molecule has 1 aliphatic heterocycles. The lowest BCUT2D eigenvalue weighted by molar-refractivity contribution is 0.0195. The van der Waals surface area contributed by atoms with Crippen molar-refractivity contribution in [1.82, 2.24) is 10.2 Å². The van der Waals surface area contributed by atoms with Crippen LogP contribution in [0.5, 0.6) is 11.5 Å². The third-order valence-corrected chi connectivity index (χ3v) is 3.86. The smallest absolute Gasteiger partial charge is 0.410 e. The van der Waals surface area contributed by atoms with Gasteiger partial charge >= 0.3 is 6.09 Å². The molecule has 1 atom stereocenters. The second kappa shape index (κ2) is 7.75. The molecule has 6 nitrogen and oxygen atoms in total. The number of carbonyl (C=O) groups is 1. The monoisotopic (exact) mass is 336 g/mol. The number of rotatable bonds is 4. The Morgan fingerprint density at radius 1 is 1.29 bits per heavy atom. The average molecular weight is 336 g/mol. The minimum Gasteiger partial charge on any atom is -0.493 e. The van der Waals surface area contributed by atoms with E-state index in [2.05, 4.69) is 5.32 Å². The fraction of sp³-hybridized carbons (Fsp3) is 0.611. The van der Waals surface area contributed by atoms with E-state index in [4.69, 9.17) is 14.2 Å². The number of amides is 1. The molecule has 1 aliphatic rings. The van der Waals surface area contributed by atoms with Crippen LogP contribution in [-0.4, -0.2) is 56.5 Å². The van der Waals surface area contributed by atoms with Crippen molar-refractivity contribution >= 4 is 6.09 Å². The summed E-state index contributed by atoms with van der Waals surface area (Å²) in [6.07, 6.45) is 0.492. The molecule has 1 saturated heterocycles. The Morgan fingerprint density at radius 3 is 2.67 bits per heavy atom. The van der Waals surface area contributed by atoms with Gasteiger partial charge in [-0.2, -0.15) is 0 Å². The summed E-state index contributed by atoms with van der Waals surface area (Å²) in [6.45, 7) is 7.65. The molecule has 1 heterocycles. The molecule has 0 saturated carbocycles. The summed E-state index contributed by atoms with van der Waals surface area (Å²) < 4.78 is 16.3. The Balaban J connectivity index is 2.05. The molecule has 0 aromatic heterocycles. The first kappa shape index (κ1) is 18.4. The van der Waals surface area contributed by atoms with Crippen molar-refractivity contribution in [2.24, 2.45) is 0 Å². The summed E-state index contributed by atoms with van der Waals surface area (Å²) in [5, 5.41) is 3.46. The Hall–Kier alpha value is -1.95. The second-order valence-electron chi connectivity index (χ2n) is 6.93. The third kappa shape index (κ3) is 4.77. The molecular formula is C18H28N2O4. The number of piperazine rings is 1. The van der Waals surface area contributed by atoms with Gasteiger partial charge in [0.15, 0.2) is 11.5 Å². The van der Waals surface area contributed by atoms with E-state index < -0.39 is 5.60 Å². The molecule has 24 heavy (non-hydrogen) atoms. The van der Waals surface area contributed by atoms with Crippen LogP contribution in [0.2, 0.25) is 0 Å². The quantitative estimate of drug-likeness (QED) is 0.915.